The molecule has 11 heteroatoms. The predicted octanol–water partition coefficient (Wildman–Crippen LogP) is 3.11. The number of non-ortho nitro benzene ring substituents is 1. The molecule has 0 aliphatic carbocycles. The fourth-order valence-corrected chi connectivity index (χ4v) is 3.58. The minimum atomic E-state index is -0.752. The lowest BCUT2D eigenvalue weighted by atomic mass is 9.89. The second-order valence-corrected chi connectivity index (χ2v) is 7.12. The Bertz CT molecular complexity index is 1240. The number of ether oxygens (including phenoxy) is 2. The number of anilines is 1. The van der Waals surface area contributed by atoms with E-state index in [2.05, 4.69) is 22.0 Å². The van der Waals surface area contributed by atoms with Gasteiger partial charge in [0.05, 0.1) is 23.1 Å². The zero-order valence-corrected chi connectivity index (χ0v) is 17.5. The highest BCUT2D eigenvalue weighted by molar-refractivity contribution is 5.91. The molecule has 0 unspecified atom stereocenters. The van der Waals surface area contributed by atoms with Crippen molar-refractivity contribution in [2.45, 2.75) is 13.0 Å². The van der Waals surface area contributed by atoms with Gasteiger partial charge >= 0.3 is 11.9 Å². The minimum Gasteiger partial charge on any atom is -0.465 e. The summed E-state index contributed by atoms with van der Waals surface area (Å²) < 4.78 is 12.1. The van der Waals surface area contributed by atoms with Gasteiger partial charge in [-0.3, -0.25) is 14.9 Å². The molecule has 0 saturated heterocycles. The molecule has 1 aliphatic rings. The largest absolute Gasteiger partial charge is 0.465 e. The molecular formula is C22H19N5O6. The molecule has 168 valence electrons. The van der Waals surface area contributed by atoms with E-state index in [4.69, 9.17) is 9.47 Å². The number of nitrogens with one attached hydrogen (secondary N) is 1. The van der Waals surface area contributed by atoms with Crippen LogP contribution >= 0.6 is 0 Å². The molecule has 0 spiro atoms. The van der Waals surface area contributed by atoms with Gasteiger partial charge in [0, 0.05) is 17.8 Å². The Hall–Kier alpha value is -4.54. The van der Waals surface area contributed by atoms with Crippen molar-refractivity contribution in [2.75, 3.05) is 11.9 Å². The number of rotatable bonds is 6. The Labute approximate surface area is 187 Å². The van der Waals surface area contributed by atoms with E-state index >= 15 is 0 Å². The number of nitro benzene ring substituents is 1. The maximum Gasteiger partial charge on any atom is 0.343 e. The van der Waals surface area contributed by atoms with Gasteiger partial charge in [-0.25, -0.2) is 9.48 Å². The van der Waals surface area contributed by atoms with Gasteiger partial charge in [-0.05, 0) is 30.7 Å². The summed E-state index contributed by atoms with van der Waals surface area (Å²) in [5, 5.41) is 18.1. The molecule has 11 nitrogen and oxygen atoms in total. The second-order valence-electron chi connectivity index (χ2n) is 7.12. The average Bonchev–Trinajstić information content (AvgIpc) is 3.27. The third kappa shape index (κ3) is 4.28. The van der Waals surface area contributed by atoms with Crippen molar-refractivity contribution in [3.05, 3.63) is 88.4 Å². The normalized spacial score (nSPS) is 16.9. The summed E-state index contributed by atoms with van der Waals surface area (Å²) in [5.74, 6) is -1.27. The number of aromatic nitrogens is 3. The van der Waals surface area contributed by atoms with Crippen LogP contribution in [0.1, 0.15) is 28.9 Å². The van der Waals surface area contributed by atoms with E-state index in [-0.39, 0.29) is 23.6 Å². The van der Waals surface area contributed by atoms with Crippen LogP contribution in [0.2, 0.25) is 0 Å². The summed E-state index contributed by atoms with van der Waals surface area (Å²) in [6.45, 7) is 5.89. The minimum absolute atomic E-state index is 0.0533. The van der Waals surface area contributed by atoms with E-state index in [9.17, 15) is 19.7 Å². The molecule has 0 amide bonds. The summed E-state index contributed by atoms with van der Waals surface area (Å²) in [6.07, 6.45) is 1.37. The molecule has 4 rings (SSSR count). The first-order valence-electron chi connectivity index (χ1n) is 9.97. The number of esters is 2. The summed E-state index contributed by atoms with van der Waals surface area (Å²) in [6, 6.07) is 11.2. The number of hydrogen-bond donors (Lipinski definition) is 1. The van der Waals surface area contributed by atoms with Gasteiger partial charge < -0.3 is 14.8 Å². The van der Waals surface area contributed by atoms with Gasteiger partial charge in [0.15, 0.2) is 0 Å². The summed E-state index contributed by atoms with van der Waals surface area (Å²) in [4.78, 5) is 39.6. The molecule has 0 fully saturated rings. The van der Waals surface area contributed by atoms with Gasteiger partial charge in [-0.2, -0.15) is 10.1 Å². The van der Waals surface area contributed by atoms with Crippen molar-refractivity contribution in [3.63, 3.8) is 0 Å². The maximum atomic E-state index is 12.7. The molecule has 3 aromatic rings. The van der Waals surface area contributed by atoms with Crippen LogP contribution in [0.25, 0.3) is 0 Å². The smallest absolute Gasteiger partial charge is 0.343 e. The first-order valence-corrected chi connectivity index (χ1v) is 9.97. The third-order valence-corrected chi connectivity index (χ3v) is 5.07. The SMILES string of the molecule is C=C1Nc2ncnn2[C@H](c2ccc(OC(=O)c3cccc([N+](=O)[O-])c3)cc2)[C@H]1C(=O)OCC. The van der Waals surface area contributed by atoms with Crippen LogP contribution < -0.4 is 10.1 Å². The van der Waals surface area contributed by atoms with Gasteiger partial charge in [0.2, 0.25) is 5.95 Å². The number of carbonyl (C=O) groups is 2. The first-order chi connectivity index (χ1) is 15.9. The van der Waals surface area contributed by atoms with Crippen molar-refractivity contribution < 1.29 is 24.0 Å². The highest BCUT2D eigenvalue weighted by atomic mass is 16.6. The number of fused-ring (bicyclic) bond motifs is 1. The number of nitrogens with zero attached hydrogens (tertiary/aromatic N) is 4. The highest BCUT2D eigenvalue weighted by Gasteiger charge is 2.40. The van der Waals surface area contributed by atoms with Gasteiger partial charge in [0.1, 0.15) is 18.0 Å². The lowest BCUT2D eigenvalue weighted by Crippen LogP contribution is -2.37. The molecular weight excluding hydrogens is 430 g/mol. The molecule has 2 atom stereocenters. The Morgan fingerprint density at radius 1 is 1.24 bits per heavy atom. The van der Waals surface area contributed by atoms with E-state index in [1.54, 1.807) is 35.9 Å². The Morgan fingerprint density at radius 2 is 2.00 bits per heavy atom. The van der Waals surface area contributed by atoms with Crippen LogP contribution in [-0.2, 0) is 9.53 Å². The van der Waals surface area contributed by atoms with Gasteiger partial charge in [-0.15, -0.1) is 0 Å². The zero-order valence-electron chi connectivity index (χ0n) is 17.5. The van der Waals surface area contributed by atoms with Crippen LogP contribution in [0.4, 0.5) is 11.6 Å². The van der Waals surface area contributed by atoms with Crippen molar-refractivity contribution in [1.29, 1.82) is 0 Å². The van der Waals surface area contributed by atoms with Crippen LogP contribution in [0.15, 0.2) is 67.1 Å². The molecule has 1 aliphatic heterocycles. The van der Waals surface area contributed by atoms with Crippen molar-refractivity contribution >= 4 is 23.6 Å². The van der Waals surface area contributed by atoms with E-state index in [1.165, 1.54) is 24.5 Å². The number of carbonyl (C=O) groups excluding carboxylic acids is 2. The molecule has 1 N–H and O–H groups in total. The number of hydrogen-bond acceptors (Lipinski definition) is 9. The van der Waals surface area contributed by atoms with Crippen molar-refractivity contribution in [1.82, 2.24) is 14.8 Å². The Balaban J connectivity index is 1.59. The van der Waals surface area contributed by atoms with Gasteiger partial charge in [-0.1, -0.05) is 24.8 Å². The lowest BCUT2D eigenvalue weighted by Gasteiger charge is -2.33. The fourth-order valence-electron chi connectivity index (χ4n) is 3.58. The second kappa shape index (κ2) is 8.91. The average molecular weight is 449 g/mol. The first kappa shape index (κ1) is 21.7. The van der Waals surface area contributed by atoms with Crippen LogP contribution in [-0.4, -0.2) is 38.2 Å². The summed E-state index contributed by atoms with van der Waals surface area (Å²) in [7, 11) is 0. The Kier molecular flexibility index (Phi) is 5.85. The summed E-state index contributed by atoms with van der Waals surface area (Å²) in [5.41, 5.74) is 0.967. The Morgan fingerprint density at radius 3 is 2.70 bits per heavy atom. The van der Waals surface area contributed by atoms with E-state index in [1.807, 2.05) is 0 Å². The molecule has 33 heavy (non-hydrogen) atoms. The molecule has 2 heterocycles. The number of nitro groups is 1. The summed E-state index contributed by atoms with van der Waals surface area (Å²) >= 11 is 0. The van der Waals surface area contributed by atoms with Crippen molar-refractivity contribution in [3.8, 4) is 5.75 Å². The highest BCUT2D eigenvalue weighted by Crippen LogP contribution is 2.38. The number of benzene rings is 2. The quantitative estimate of drug-likeness (QED) is 0.260. The van der Waals surface area contributed by atoms with E-state index in [0.717, 1.165) is 6.07 Å². The lowest BCUT2D eigenvalue weighted by molar-refractivity contribution is -0.384. The standard InChI is InChI=1S/C22H19N5O6/c1-3-32-21(29)18-13(2)25-22-23-12-24-26(22)19(18)14-7-9-17(10-8-14)33-20(28)15-5-4-6-16(11-15)27(30)31/h4-12,18-19H,2-3H2,1H3,(H,23,24,25)/t18-,19+/m0/s1. The van der Waals surface area contributed by atoms with Crippen LogP contribution in [0.3, 0.4) is 0 Å². The van der Waals surface area contributed by atoms with E-state index < -0.39 is 28.8 Å². The van der Waals surface area contributed by atoms with Crippen molar-refractivity contribution in [2.24, 2.45) is 5.92 Å². The molecule has 0 saturated carbocycles. The van der Waals surface area contributed by atoms with Crippen LogP contribution in [0, 0.1) is 16.0 Å². The molecule has 0 bridgehead atoms. The molecule has 2 aromatic carbocycles. The molecule has 1 aromatic heterocycles. The van der Waals surface area contributed by atoms with E-state index in [0.29, 0.717) is 17.2 Å². The zero-order chi connectivity index (χ0) is 23.5. The fraction of sp³-hybridized carbons (Fsp3) is 0.182. The molecule has 0 radical (unpaired) electrons. The maximum absolute atomic E-state index is 12.7. The topological polar surface area (TPSA) is 138 Å². The predicted molar refractivity (Wildman–Crippen MR) is 116 cm³/mol. The third-order valence-electron chi connectivity index (χ3n) is 5.07. The monoisotopic (exact) mass is 449 g/mol. The van der Waals surface area contributed by atoms with Crippen LogP contribution in [0.5, 0.6) is 5.75 Å². The van der Waals surface area contributed by atoms with Gasteiger partial charge in [0.25, 0.3) is 5.69 Å².